The Kier molecular flexibility index (Phi) is 3.49. The van der Waals surface area contributed by atoms with E-state index in [1.807, 2.05) is 30.3 Å². The van der Waals surface area contributed by atoms with Crippen LogP contribution < -0.4 is 0 Å². The number of carbonyl (C=O) groups is 2. The molecule has 0 radical (unpaired) electrons. The Morgan fingerprint density at radius 2 is 1.95 bits per heavy atom. The Balaban J connectivity index is 1.92. The molecular weight excluding hydrogens is 268 g/mol. The highest BCUT2D eigenvalue weighted by atomic mass is 16.5. The van der Waals surface area contributed by atoms with Gasteiger partial charge in [-0.2, -0.15) is 0 Å². The fourth-order valence-corrected chi connectivity index (χ4v) is 3.10. The second-order valence-electron chi connectivity index (χ2n) is 5.54. The molecule has 21 heavy (non-hydrogen) atoms. The minimum atomic E-state index is -0.724. The largest absolute Gasteiger partial charge is 0.463 e. The number of amidine groups is 1. The first kappa shape index (κ1) is 13.8. The van der Waals surface area contributed by atoms with Crippen LogP contribution in [0.5, 0.6) is 0 Å². The van der Waals surface area contributed by atoms with Crippen molar-refractivity contribution in [2.45, 2.75) is 37.8 Å². The molecule has 1 fully saturated rings. The summed E-state index contributed by atoms with van der Waals surface area (Å²) in [5.74, 6) is -0.458. The molecule has 3 rings (SSSR count). The van der Waals surface area contributed by atoms with E-state index in [2.05, 4.69) is 4.99 Å². The lowest BCUT2D eigenvalue weighted by atomic mass is 9.98. The first-order valence-electron chi connectivity index (χ1n) is 7.20. The molecule has 1 aliphatic heterocycles. The zero-order valence-electron chi connectivity index (χ0n) is 12.0. The van der Waals surface area contributed by atoms with Crippen LogP contribution in [0.15, 0.2) is 35.3 Å². The molecule has 2 aliphatic rings. The fraction of sp³-hybridized carbons (Fsp3) is 0.438. The van der Waals surface area contributed by atoms with Gasteiger partial charge < -0.3 is 4.74 Å². The van der Waals surface area contributed by atoms with Crippen LogP contribution >= 0.6 is 0 Å². The number of nitrogens with zero attached hydrogens (tertiary/aromatic N) is 2. The third-order valence-corrected chi connectivity index (χ3v) is 4.20. The normalized spacial score (nSPS) is 20.0. The number of rotatable bonds is 3. The predicted octanol–water partition coefficient (Wildman–Crippen LogP) is 1.91. The summed E-state index contributed by atoms with van der Waals surface area (Å²) in [6, 6.07) is 9.61. The van der Waals surface area contributed by atoms with Gasteiger partial charge in [-0.3, -0.25) is 9.69 Å². The van der Waals surface area contributed by atoms with E-state index < -0.39 is 11.5 Å². The molecule has 0 N–H and O–H groups in total. The van der Waals surface area contributed by atoms with E-state index in [4.69, 9.17) is 4.74 Å². The summed E-state index contributed by atoms with van der Waals surface area (Å²) in [5, 5.41) is 0. The zero-order chi connectivity index (χ0) is 14.9. The lowest BCUT2D eigenvalue weighted by Gasteiger charge is -2.21. The number of esters is 1. The van der Waals surface area contributed by atoms with Gasteiger partial charge in [0.05, 0.1) is 13.7 Å². The molecule has 1 aliphatic carbocycles. The Hall–Kier alpha value is -2.17. The summed E-state index contributed by atoms with van der Waals surface area (Å²) < 4.78 is 4.79. The molecule has 5 nitrogen and oxygen atoms in total. The standard InChI is InChI=1S/C16H18N2O3/c1-21-14(19)13-17-16(9-5-6-10-16)15(20)18(13)11-12-7-3-2-4-8-12/h2-4,7-8H,5-6,9-11H2,1H3. The van der Waals surface area contributed by atoms with Gasteiger partial charge in [0.15, 0.2) is 0 Å². The number of aliphatic imine (C=N–C) groups is 1. The van der Waals surface area contributed by atoms with Crippen LogP contribution in [0.2, 0.25) is 0 Å². The highest BCUT2D eigenvalue weighted by Gasteiger charge is 2.51. The van der Waals surface area contributed by atoms with Crippen LogP contribution in [-0.4, -0.2) is 35.3 Å². The van der Waals surface area contributed by atoms with Gasteiger partial charge in [-0.1, -0.05) is 43.2 Å². The molecule has 1 aromatic carbocycles. The van der Waals surface area contributed by atoms with E-state index in [0.717, 1.165) is 31.2 Å². The molecule has 1 spiro atoms. The fourth-order valence-electron chi connectivity index (χ4n) is 3.10. The van der Waals surface area contributed by atoms with Crippen molar-refractivity contribution in [3.05, 3.63) is 35.9 Å². The van der Waals surface area contributed by atoms with Crippen LogP contribution in [0.25, 0.3) is 0 Å². The summed E-state index contributed by atoms with van der Waals surface area (Å²) in [6.45, 7) is 0.357. The highest BCUT2D eigenvalue weighted by Crippen LogP contribution is 2.39. The van der Waals surface area contributed by atoms with Gasteiger partial charge in [0.2, 0.25) is 5.84 Å². The monoisotopic (exact) mass is 286 g/mol. The molecule has 1 heterocycles. The van der Waals surface area contributed by atoms with Crippen molar-refractivity contribution in [1.29, 1.82) is 0 Å². The van der Waals surface area contributed by atoms with E-state index in [1.165, 1.54) is 12.0 Å². The first-order chi connectivity index (χ1) is 10.2. The van der Waals surface area contributed by atoms with Crippen molar-refractivity contribution in [2.24, 2.45) is 4.99 Å². The molecule has 0 aromatic heterocycles. The lowest BCUT2D eigenvalue weighted by Crippen LogP contribution is -2.42. The van der Waals surface area contributed by atoms with Crippen LogP contribution in [0.3, 0.4) is 0 Å². The minimum Gasteiger partial charge on any atom is -0.463 e. The summed E-state index contributed by atoms with van der Waals surface area (Å²) in [6.07, 6.45) is 3.39. The smallest absolute Gasteiger partial charge is 0.374 e. The summed E-state index contributed by atoms with van der Waals surface area (Å²) in [7, 11) is 1.32. The van der Waals surface area contributed by atoms with Crippen LogP contribution in [0.1, 0.15) is 31.2 Å². The number of hydrogen-bond donors (Lipinski definition) is 0. The number of hydrogen-bond acceptors (Lipinski definition) is 4. The van der Waals surface area contributed by atoms with Gasteiger partial charge in [-0.15, -0.1) is 0 Å². The Labute approximate surface area is 123 Å². The zero-order valence-corrected chi connectivity index (χ0v) is 12.0. The minimum absolute atomic E-state index is 0.0655. The van der Waals surface area contributed by atoms with Crippen LogP contribution in [0.4, 0.5) is 0 Å². The molecule has 0 bridgehead atoms. The Bertz CT molecular complexity index is 589. The Morgan fingerprint density at radius 1 is 1.29 bits per heavy atom. The number of methoxy groups -OCH3 is 1. The number of benzene rings is 1. The van der Waals surface area contributed by atoms with E-state index in [9.17, 15) is 9.59 Å². The van der Waals surface area contributed by atoms with E-state index >= 15 is 0 Å². The maximum atomic E-state index is 12.8. The molecule has 110 valence electrons. The van der Waals surface area contributed by atoms with E-state index in [1.54, 1.807) is 0 Å². The van der Waals surface area contributed by atoms with Gasteiger partial charge in [0.1, 0.15) is 5.54 Å². The highest BCUT2D eigenvalue weighted by molar-refractivity contribution is 6.40. The van der Waals surface area contributed by atoms with E-state index in [0.29, 0.717) is 6.54 Å². The van der Waals surface area contributed by atoms with Gasteiger partial charge in [-0.25, -0.2) is 9.79 Å². The maximum absolute atomic E-state index is 12.8. The Morgan fingerprint density at radius 3 is 2.57 bits per heavy atom. The first-order valence-corrected chi connectivity index (χ1v) is 7.20. The third kappa shape index (κ3) is 2.33. The molecule has 0 unspecified atom stereocenters. The van der Waals surface area contributed by atoms with Gasteiger partial charge in [0, 0.05) is 0 Å². The maximum Gasteiger partial charge on any atom is 0.374 e. The van der Waals surface area contributed by atoms with Crippen LogP contribution in [0, 0.1) is 0 Å². The summed E-state index contributed by atoms with van der Waals surface area (Å²) >= 11 is 0. The molecule has 0 atom stereocenters. The molecule has 1 saturated carbocycles. The molecule has 5 heteroatoms. The molecular formula is C16H18N2O3. The second-order valence-corrected chi connectivity index (χ2v) is 5.54. The van der Waals surface area contributed by atoms with Crippen molar-refractivity contribution < 1.29 is 14.3 Å². The second kappa shape index (κ2) is 5.31. The van der Waals surface area contributed by atoms with Gasteiger partial charge >= 0.3 is 5.97 Å². The number of carbonyl (C=O) groups excluding carboxylic acids is 2. The number of amides is 1. The van der Waals surface area contributed by atoms with Crippen molar-refractivity contribution in [1.82, 2.24) is 4.90 Å². The van der Waals surface area contributed by atoms with Crippen molar-refractivity contribution >= 4 is 17.7 Å². The molecule has 0 saturated heterocycles. The van der Waals surface area contributed by atoms with Gasteiger partial charge in [-0.05, 0) is 18.4 Å². The van der Waals surface area contributed by atoms with Gasteiger partial charge in [0.25, 0.3) is 5.91 Å². The average molecular weight is 286 g/mol. The number of ether oxygens (including phenoxy) is 1. The average Bonchev–Trinajstić information content (AvgIpc) is 3.09. The lowest BCUT2D eigenvalue weighted by molar-refractivity contribution is -0.136. The summed E-state index contributed by atoms with van der Waals surface area (Å²) in [4.78, 5) is 30.7. The van der Waals surface area contributed by atoms with Crippen molar-refractivity contribution in [3.8, 4) is 0 Å². The molecule has 1 aromatic rings. The quantitative estimate of drug-likeness (QED) is 0.798. The SMILES string of the molecule is COC(=O)C1=NC2(CCCC2)C(=O)N1Cc1ccccc1. The third-order valence-electron chi connectivity index (χ3n) is 4.20. The predicted molar refractivity (Wildman–Crippen MR) is 77.6 cm³/mol. The van der Waals surface area contributed by atoms with Crippen molar-refractivity contribution in [3.63, 3.8) is 0 Å². The van der Waals surface area contributed by atoms with E-state index in [-0.39, 0.29) is 11.7 Å². The van der Waals surface area contributed by atoms with Crippen LogP contribution in [-0.2, 0) is 20.9 Å². The topological polar surface area (TPSA) is 59.0 Å². The molecule has 1 amide bonds. The van der Waals surface area contributed by atoms with Crippen molar-refractivity contribution in [2.75, 3.05) is 7.11 Å². The summed E-state index contributed by atoms with van der Waals surface area (Å²) in [5.41, 5.74) is 0.246.